The molecule has 7 nitrogen and oxygen atoms in total. The Hall–Kier alpha value is -3.23. The van der Waals surface area contributed by atoms with Crippen LogP contribution in [0.15, 0.2) is 82.8 Å². The number of sulfonamides is 1. The van der Waals surface area contributed by atoms with E-state index in [0.29, 0.717) is 21.9 Å². The number of benzene rings is 3. The summed E-state index contributed by atoms with van der Waals surface area (Å²) in [6.45, 7) is 1.87. The minimum atomic E-state index is -3.99. The number of nitro groups is 1. The topological polar surface area (TPSA) is 92.9 Å². The molecule has 0 bridgehead atoms. The Morgan fingerprint density at radius 2 is 1.68 bits per heavy atom. The van der Waals surface area contributed by atoms with E-state index in [4.69, 9.17) is 11.6 Å². The van der Waals surface area contributed by atoms with E-state index in [1.54, 1.807) is 54.6 Å². The standard InChI is InChI=1S/C22H18ClN3O4S/c1-15-6-12-18(13-7-15)31(29,30)25-22(16-8-10-17(23)11-9-16)14-20(24-25)19-4-2-3-5-21(19)26(27)28/h2-13,22H,14H2,1H3. The van der Waals surface area contributed by atoms with Gasteiger partial charge in [-0.05, 0) is 42.8 Å². The van der Waals surface area contributed by atoms with E-state index >= 15 is 0 Å². The molecule has 1 atom stereocenters. The van der Waals surface area contributed by atoms with Gasteiger partial charge in [0.2, 0.25) is 0 Å². The number of hydrogen-bond donors (Lipinski definition) is 0. The molecule has 9 heteroatoms. The number of aryl methyl sites for hydroxylation is 1. The molecule has 0 radical (unpaired) electrons. The van der Waals surface area contributed by atoms with Crippen LogP contribution in [0, 0.1) is 17.0 Å². The summed E-state index contributed by atoms with van der Waals surface area (Å²) >= 11 is 6.00. The van der Waals surface area contributed by atoms with Crippen LogP contribution in [-0.4, -0.2) is 23.5 Å². The summed E-state index contributed by atoms with van der Waals surface area (Å²) in [4.78, 5) is 11.1. The van der Waals surface area contributed by atoms with Gasteiger partial charge >= 0.3 is 0 Å². The Morgan fingerprint density at radius 3 is 2.32 bits per heavy atom. The van der Waals surface area contributed by atoms with Crippen molar-refractivity contribution in [2.45, 2.75) is 24.3 Å². The highest BCUT2D eigenvalue weighted by Crippen LogP contribution is 2.38. The van der Waals surface area contributed by atoms with Crippen LogP contribution in [0.1, 0.15) is 29.2 Å². The van der Waals surface area contributed by atoms with Gasteiger partial charge in [-0.3, -0.25) is 10.1 Å². The molecule has 158 valence electrons. The average Bonchev–Trinajstić information content (AvgIpc) is 3.21. The minimum absolute atomic E-state index is 0.102. The zero-order valence-electron chi connectivity index (χ0n) is 16.5. The van der Waals surface area contributed by atoms with Gasteiger partial charge in [0, 0.05) is 17.5 Å². The molecular formula is C22H18ClN3O4S. The van der Waals surface area contributed by atoms with E-state index in [-0.39, 0.29) is 17.0 Å². The summed E-state index contributed by atoms with van der Waals surface area (Å²) in [5.74, 6) is 0. The van der Waals surface area contributed by atoms with Gasteiger partial charge in [0.05, 0.1) is 27.1 Å². The Kier molecular flexibility index (Phi) is 5.51. The van der Waals surface area contributed by atoms with Crippen LogP contribution >= 0.6 is 11.6 Å². The van der Waals surface area contributed by atoms with Gasteiger partial charge in [-0.15, -0.1) is 0 Å². The lowest BCUT2D eigenvalue weighted by Crippen LogP contribution is -2.27. The summed E-state index contributed by atoms with van der Waals surface area (Å²) in [5.41, 5.74) is 2.14. The largest absolute Gasteiger partial charge is 0.279 e. The third-order valence-corrected chi connectivity index (χ3v) is 7.05. The molecule has 0 spiro atoms. The molecule has 0 saturated carbocycles. The Bertz CT molecular complexity index is 1270. The number of nitrogens with zero attached hydrogens (tertiary/aromatic N) is 3. The molecule has 3 aromatic carbocycles. The summed E-state index contributed by atoms with van der Waals surface area (Å²) in [7, 11) is -3.99. The number of halogens is 1. The molecule has 1 unspecified atom stereocenters. The first-order valence-electron chi connectivity index (χ1n) is 9.45. The van der Waals surface area contributed by atoms with E-state index in [2.05, 4.69) is 5.10 Å². The zero-order valence-corrected chi connectivity index (χ0v) is 18.0. The van der Waals surface area contributed by atoms with Crippen molar-refractivity contribution in [3.63, 3.8) is 0 Å². The van der Waals surface area contributed by atoms with E-state index in [0.717, 1.165) is 9.98 Å². The van der Waals surface area contributed by atoms with Crippen molar-refractivity contribution < 1.29 is 13.3 Å². The second-order valence-corrected chi connectivity index (χ2v) is 9.42. The highest BCUT2D eigenvalue weighted by Gasteiger charge is 2.39. The van der Waals surface area contributed by atoms with Gasteiger partial charge in [0.25, 0.3) is 15.7 Å². The predicted octanol–water partition coefficient (Wildman–Crippen LogP) is 5.10. The van der Waals surface area contributed by atoms with Crippen LogP contribution in [0.25, 0.3) is 0 Å². The number of hydrogen-bond acceptors (Lipinski definition) is 5. The summed E-state index contributed by atoms with van der Waals surface area (Å²) in [6, 6.07) is 18.9. The van der Waals surface area contributed by atoms with Crippen LogP contribution in [0.4, 0.5) is 5.69 Å². The third kappa shape index (κ3) is 4.04. The van der Waals surface area contributed by atoms with Crippen molar-refractivity contribution in [1.29, 1.82) is 0 Å². The first-order valence-corrected chi connectivity index (χ1v) is 11.3. The minimum Gasteiger partial charge on any atom is -0.258 e. The highest BCUT2D eigenvalue weighted by atomic mass is 35.5. The van der Waals surface area contributed by atoms with E-state index in [1.165, 1.54) is 18.2 Å². The second-order valence-electron chi connectivity index (χ2n) is 7.18. The average molecular weight is 456 g/mol. The fourth-order valence-electron chi connectivity index (χ4n) is 3.50. The maximum atomic E-state index is 13.5. The van der Waals surface area contributed by atoms with Crippen LogP contribution in [0.5, 0.6) is 0 Å². The molecular weight excluding hydrogens is 438 g/mol. The van der Waals surface area contributed by atoms with Gasteiger partial charge in [0.1, 0.15) is 0 Å². The number of rotatable bonds is 5. The molecule has 4 rings (SSSR count). The molecule has 0 fully saturated rings. The number of nitro benzene ring substituents is 1. The second kappa shape index (κ2) is 8.13. The Morgan fingerprint density at radius 1 is 1.03 bits per heavy atom. The Labute approximate surface area is 184 Å². The normalized spacial score (nSPS) is 16.3. The van der Waals surface area contributed by atoms with E-state index in [9.17, 15) is 18.5 Å². The van der Waals surface area contributed by atoms with Crippen LogP contribution < -0.4 is 0 Å². The highest BCUT2D eigenvalue weighted by molar-refractivity contribution is 7.89. The van der Waals surface area contributed by atoms with Gasteiger partial charge in [-0.1, -0.05) is 53.6 Å². The summed E-state index contributed by atoms with van der Waals surface area (Å²) in [6.07, 6.45) is 0.192. The van der Waals surface area contributed by atoms with Gasteiger partial charge in [0.15, 0.2) is 0 Å². The SMILES string of the molecule is Cc1ccc(S(=O)(=O)N2N=C(c3ccccc3[N+](=O)[O-])CC2c2ccc(Cl)cc2)cc1. The van der Waals surface area contributed by atoms with Gasteiger partial charge < -0.3 is 0 Å². The van der Waals surface area contributed by atoms with Crippen molar-refractivity contribution in [3.05, 3.63) is 105 Å². The molecule has 3 aromatic rings. The molecule has 0 aliphatic carbocycles. The lowest BCUT2D eigenvalue weighted by atomic mass is 9.98. The van der Waals surface area contributed by atoms with Crippen LogP contribution in [0.2, 0.25) is 5.02 Å². The smallest absolute Gasteiger partial charge is 0.258 e. The predicted molar refractivity (Wildman–Crippen MR) is 119 cm³/mol. The van der Waals surface area contributed by atoms with E-state index < -0.39 is 21.0 Å². The fourth-order valence-corrected chi connectivity index (χ4v) is 5.06. The first-order chi connectivity index (χ1) is 14.8. The maximum absolute atomic E-state index is 13.5. The quantitative estimate of drug-likeness (QED) is 0.395. The Balaban J connectivity index is 1.84. The van der Waals surface area contributed by atoms with Crippen molar-refractivity contribution >= 4 is 33.0 Å². The molecule has 0 N–H and O–H groups in total. The van der Waals surface area contributed by atoms with Crippen molar-refractivity contribution in [3.8, 4) is 0 Å². The molecule has 1 aliphatic heterocycles. The maximum Gasteiger partial charge on any atom is 0.279 e. The first kappa shape index (κ1) is 21.0. The monoisotopic (exact) mass is 455 g/mol. The molecule has 0 amide bonds. The van der Waals surface area contributed by atoms with Gasteiger partial charge in [-0.2, -0.15) is 17.9 Å². The van der Waals surface area contributed by atoms with Crippen molar-refractivity contribution in [1.82, 2.24) is 4.41 Å². The van der Waals surface area contributed by atoms with E-state index in [1.807, 2.05) is 6.92 Å². The zero-order chi connectivity index (χ0) is 22.2. The molecule has 1 aliphatic rings. The summed E-state index contributed by atoms with van der Waals surface area (Å²) in [5, 5.41) is 16.4. The van der Waals surface area contributed by atoms with Crippen molar-refractivity contribution in [2.24, 2.45) is 5.10 Å². The lowest BCUT2D eigenvalue weighted by molar-refractivity contribution is -0.385. The molecule has 1 heterocycles. The molecule has 0 saturated heterocycles. The van der Waals surface area contributed by atoms with Crippen LogP contribution in [-0.2, 0) is 10.0 Å². The third-order valence-electron chi connectivity index (χ3n) is 5.10. The van der Waals surface area contributed by atoms with Crippen LogP contribution in [0.3, 0.4) is 0 Å². The molecule has 0 aromatic heterocycles. The molecule has 31 heavy (non-hydrogen) atoms. The fraction of sp³-hybridized carbons (Fsp3) is 0.136. The number of para-hydroxylation sites is 1. The number of hydrazone groups is 1. The summed E-state index contributed by atoms with van der Waals surface area (Å²) < 4.78 is 28.0. The lowest BCUT2D eigenvalue weighted by Gasteiger charge is -2.23. The van der Waals surface area contributed by atoms with Crippen molar-refractivity contribution in [2.75, 3.05) is 0 Å². The van der Waals surface area contributed by atoms with Gasteiger partial charge in [-0.25, -0.2) is 0 Å².